The van der Waals surface area contributed by atoms with E-state index in [0.717, 1.165) is 22.6 Å². The first-order valence-corrected chi connectivity index (χ1v) is 15.7. The molecule has 5 aromatic carbocycles. The van der Waals surface area contributed by atoms with E-state index in [9.17, 15) is 9.59 Å². The van der Waals surface area contributed by atoms with Crippen LogP contribution in [0.4, 0.5) is 11.4 Å². The fraction of sp³-hybridized carbons (Fsp3) is 0.179. The lowest BCUT2D eigenvalue weighted by Crippen LogP contribution is -2.33. The lowest BCUT2D eigenvalue weighted by atomic mass is 10.00. The summed E-state index contributed by atoms with van der Waals surface area (Å²) in [7, 11) is 3.03. The average Bonchev–Trinajstić information content (AvgIpc) is 3.11. The van der Waals surface area contributed by atoms with Crippen molar-refractivity contribution in [1.29, 1.82) is 0 Å². The number of esters is 1. The molecule has 0 spiro atoms. The standard InChI is InChI=1S/C39H37ClN2O5/c1-45-37-18-9-6-13-30(37)27-42(32-15-10-14-31(40)26-32)23-24-47-33-21-19-28(20-22-33)25-36(39(44)46-2)41-35-17-8-7-16-34(35)38(43)29-11-4-3-5-12-29/h3-22,26,36,41H,23-25,27H2,1-2H3/t36-/m0/s1. The largest absolute Gasteiger partial charge is 0.496 e. The van der Waals surface area contributed by atoms with E-state index < -0.39 is 12.0 Å². The van der Waals surface area contributed by atoms with E-state index in [2.05, 4.69) is 10.2 Å². The summed E-state index contributed by atoms with van der Waals surface area (Å²) >= 11 is 6.32. The first-order chi connectivity index (χ1) is 22.9. The number of anilines is 2. The Labute approximate surface area is 280 Å². The third-order valence-electron chi connectivity index (χ3n) is 7.74. The summed E-state index contributed by atoms with van der Waals surface area (Å²) in [6.45, 7) is 1.66. The van der Waals surface area contributed by atoms with Gasteiger partial charge in [0.15, 0.2) is 5.78 Å². The third kappa shape index (κ3) is 8.93. The number of para-hydroxylation sites is 2. The van der Waals surface area contributed by atoms with Crippen molar-refractivity contribution in [3.05, 3.63) is 155 Å². The molecule has 0 heterocycles. The van der Waals surface area contributed by atoms with Crippen LogP contribution in [0.25, 0.3) is 0 Å². The van der Waals surface area contributed by atoms with Crippen molar-refractivity contribution in [1.82, 2.24) is 0 Å². The molecule has 5 rings (SSSR count). The number of benzene rings is 5. The van der Waals surface area contributed by atoms with Crippen LogP contribution < -0.4 is 19.7 Å². The van der Waals surface area contributed by atoms with Crippen molar-refractivity contribution in [3.8, 4) is 11.5 Å². The zero-order valence-electron chi connectivity index (χ0n) is 26.4. The molecule has 1 atom stereocenters. The summed E-state index contributed by atoms with van der Waals surface area (Å²) < 4.78 is 16.8. The Morgan fingerprint density at radius 3 is 2.28 bits per heavy atom. The maximum absolute atomic E-state index is 13.2. The Bertz CT molecular complexity index is 1780. The molecule has 0 aliphatic heterocycles. The van der Waals surface area contributed by atoms with Crippen molar-refractivity contribution in [2.75, 3.05) is 37.6 Å². The summed E-state index contributed by atoms with van der Waals surface area (Å²) in [6, 6.07) is 38.9. The number of rotatable bonds is 15. The molecule has 0 fully saturated rings. The van der Waals surface area contributed by atoms with Crippen LogP contribution in [0.2, 0.25) is 5.02 Å². The molecule has 0 radical (unpaired) electrons. The maximum Gasteiger partial charge on any atom is 0.328 e. The van der Waals surface area contributed by atoms with E-state index in [1.54, 1.807) is 37.4 Å². The van der Waals surface area contributed by atoms with Gasteiger partial charge in [-0.2, -0.15) is 0 Å². The molecule has 0 saturated heterocycles. The van der Waals surface area contributed by atoms with Gasteiger partial charge in [-0.05, 0) is 54.1 Å². The van der Waals surface area contributed by atoms with Crippen molar-refractivity contribution >= 4 is 34.7 Å². The zero-order chi connectivity index (χ0) is 33.0. The summed E-state index contributed by atoms with van der Waals surface area (Å²) in [5.41, 5.74) is 4.56. The number of ketones is 1. The van der Waals surface area contributed by atoms with Gasteiger partial charge in [0.1, 0.15) is 24.1 Å². The first kappa shape index (κ1) is 33.1. The number of hydrogen-bond acceptors (Lipinski definition) is 7. The predicted molar refractivity (Wildman–Crippen MR) is 187 cm³/mol. The molecule has 8 heteroatoms. The lowest BCUT2D eigenvalue weighted by Gasteiger charge is -2.26. The van der Waals surface area contributed by atoms with Crippen LogP contribution in [0.5, 0.6) is 11.5 Å². The second-order valence-electron chi connectivity index (χ2n) is 10.9. The van der Waals surface area contributed by atoms with E-state index in [4.69, 9.17) is 25.8 Å². The predicted octanol–water partition coefficient (Wildman–Crippen LogP) is 7.86. The fourth-order valence-corrected chi connectivity index (χ4v) is 5.50. The fourth-order valence-electron chi connectivity index (χ4n) is 5.32. The molecule has 1 N–H and O–H groups in total. The molecule has 0 unspecified atom stereocenters. The van der Waals surface area contributed by atoms with Gasteiger partial charge in [-0.15, -0.1) is 0 Å². The van der Waals surface area contributed by atoms with Gasteiger partial charge < -0.3 is 24.4 Å². The van der Waals surface area contributed by atoms with Gasteiger partial charge in [-0.3, -0.25) is 4.79 Å². The molecule has 0 amide bonds. The number of hydrogen-bond donors (Lipinski definition) is 1. The third-order valence-corrected chi connectivity index (χ3v) is 7.98. The van der Waals surface area contributed by atoms with Crippen LogP contribution in [0.1, 0.15) is 27.0 Å². The summed E-state index contributed by atoms with van der Waals surface area (Å²) in [5.74, 6) is 0.972. The Hall–Kier alpha value is -5.27. The highest BCUT2D eigenvalue weighted by Crippen LogP contribution is 2.26. The Morgan fingerprint density at radius 2 is 1.53 bits per heavy atom. The minimum atomic E-state index is -0.710. The van der Waals surface area contributed by atoms with E-state index in [-0.39, 0.29) is 5.78 Å². The number of nitrogens with one attached hydrogen (secondary N) is 1. The van der Waals surface area contributed by atoms with Gasteiger partial charge >= 0.3 is 5.97 Å². The second kappa shape index (κ2) is 16.3. The number of carbonyl (C=O) groups excluding carboxylic acids is 2. The number of nitrogens with zero attached hydrogens (tertiary/aromatic N) is 1. The minimum absolute atomic E-state index is 0.129. The maximum atomic E-state index is 13.2. The summed E-state index contributed by atoms with van der Waals surface area (Å²) in [5, 5.41) is 3.92. The Morgan fingerprint density at radius 1 is 0.809 bits per heavy atom. The highest BCUT2D eigenvalue weighted by atomic mass is 35.5. The van der Waals surface area contributed by atoms with Gasteiger partial charge in [0.2, 0.25) is 0 Å². The smallest absolute Gasteiger partial charge is 0.328 e. The summed E-state index contributed by atoms with van der Waals surface area (Å²) in [6.07, 6.45) is 0.349. The molecule has 47 heavy (non-hydrogen) atoms. The molecule has 240 valence electrons. The van der Waals surface area contributed by atoms with E-state index in [0.29, 0.717) is 53.7 Å². The first-order valence-electron chi connectivity index (χ1n) is 15.3. The van der Waals surface area contributed by atoms with Crippen LogP contribution in [-0.2, 0) is 22.5 Å². The molecular weight excluding hydrogens is 612 g/mol. The van der Waals surface area contributed by atoms with E-state index >= 15 is 0 Å². The Balaban J connectivity index is 1.24. The van der Waals surface area contributed by atoms with Crippen LogP contribution in [0.15, 0.2) is 127 Å². The highest BCUT2D eigenvalue weighted by Gasteiger charge is 2.23. The lowest BCUT2D eigenvalue weighted by molar-refractivity contribution is -0.141. The topological polar surface area (TPSA) is 77.1 Å². The number of methoxy groups -OCH3 is 2. The van der Waals surface area contributed by atoms with Crippen LogP contribution in [-0.4, -0.2) is 45.2 Å². The normalized spacial score (nSPS) is 11.3. The van der Waals surface area contributed by atoms with E-state index in [1.165, 1.54) is 7.11 Å². The molecule has 7 nitrogen and oxygen atoms in total. The monoisotopic (exact) mass is 648 g/mol. The van der Waals surface area contributed by atoms with Crippen molar-refractivity contribution < 1.29 is 23.8 Å². The van der Waals surface area contributed by atoms with Gasteiger partial charge in [0.05, 0.1) is 20.8 Å². The molecule has 0 aromatic heterocycles. The molecule has 0 aliphatic rings. The number of ether oxygens (including phenoxy) is 3. The van der Waals surface area contributed by atoms with Gasteiger partial charge in [-0.25, -0.2) is 4.79 Å². The van der Waals surface area contributed by atoms with Gasteiger partial charge in [0.25, 0.3) is 0 Å². The molecule has 0 saturated carbocycles. The quantitative estimate of drug-likeness (QED) is 0.0915. The zero-order valence-corrected chi connectivity index (χ0v) is 27.2. The van der Waals surface area contributed by atoms with Crippen molar-refractivity contribution in [2.45, 2.75) is 19.0 Å². The molecule has 5 aromatic rings. The van der Waals surface area contributed by atoms with E-state index in [1.807, 2.05) is 97.1 Å². The SMILES string of the molecule is COC(=O)[C@H](Cc1ccc(OCCN(Cc2ccccc2OC)c2cccc(Cl)c2)cc1)Nc1ccccc1C(=O)c1ccccc1. The Kier molecular flexibility index (Phi) is 11.5. The van der Waals surface area contributed by atoms with Crippen molar-refractivity contribution in [3.63, 3.8) is 0 Å². The van der Waals surface area contributed by atoms with Crippen LogP contribution in [0.3, 0.4) is 0 Å². The highest BCUT2D eigenvalue weighted by molar-refractivity contribution is 6.30. The summed E-state index contributed by atoms with van der Waals surface area (Å²) in [4.78, 5) is 28.3. The molecule has 0 aliphatic carbocycles. The number of carbonyl (C=O) groups is 2. The van der Waals surface area contributed by atoms with Crippen molar-refractivity contribution in [2.24, 2.45) is 0 Å². The second-order valence-corrected chi connectivity index (χ2v) is 11.3. The van der Waals surface area contributed by atoms with Gasteiger partial charge in [0, 0.05) is 46.1 Å². The van der Waals surface area contributed by atoms with Crippen LogP contribution in [0, 0.1) is 0 Å². The van der Waals surface area contributed by atoms with Gasteiger partial charge in [-0.1, -0.05) is 90.5 Å². The molecule has 0 bridgehead atoms. The average molecular weight is 649 g/mol. The molecular formula is C39H37ClN2O5. The minimum Gasteiger partial charge on any atom is -0.496 e. The van der Waals surface area contributed by atoms with Crippen LogP contribution >= 0.6 is 11.6 Å². The number of halogens is 1.